The van der Waals surface area contributed by atoms with Crippen LogP contribution in [0.15, 0.2) is 18.2 Å². The van der Waals surface area contributed by atoms with E-state index in [-0.39, 0.29) is 18.5 Å². The summed E-state index contributed by atoms with van der Waals surface area (Å²) in [5.41, 5.74) is -0.917. The third kappa shape index (κ3) is 3.87. The highest BCUT2D eigenvalue weighted by Gasteiger charge is 2.50. The summed E-state index contributed by atoms with van der Waals surface area (Å²) < 4.78 is 5.89. The summed E-state index contributed by atoms with van der Waals surface area (Å²) in [7, 11) is 1.62. The summed E-state index contributed by atoms with van der Waals surface area (Å²) in [5.74, 6) is 0.902. The number of likely N-dealkylation sites (N-methyl/N-ethyl adjacent to an activating group) is 1. The molecule has 1 aliphatic carbocycles. The summed E-state index contributed by atoms with van der Waals surface area (Å²) in [5, 5.41) is 12.1. The zero-order valence-corrected chi connectivity index (χ0v) is 15.8. The van der Waals surface area contributed by atoms with Gasteiger partial charge in [-0.1, -0.05) is 55.3 Å². The molecule has 0 aromatic heterocycles. The summed E-state index contributed by atoms with van der Waals surface area (Å²) in [6.45, 7) is 0.120. The van der Waals surface area contributed by atoms with Crippen molar-refractivity contribution in [2.75, 3.05) is 13.7 Å². The number of nitrogens with zero attached hydrogens (tertiary/aromatic N) is 1. The van der Waals surface area contributed by atoms with Crippen molar-refractivity contribution in [3.63, 3.8) is 0 Å². The average Bonchev–Trinajstić information content (AvgIpc) is 2.81. The number of halogens is 2. The summed E-state index contributed by atoms with van der Waals surface area (Å²) in [6.07, 6.45) is 6.55. The number of guanidine groups is 1. The molecule has 0 spiro atoms. The molecule has 3 rings (SSSR count). The fourth-order valence-corrected chi connectivity index (χ4v) is 4.09. The second-order valence-corrected chi connectivity index (χ2v) is 7.84. The molecule has 7 heteroatoms. The Morgan fingerprint density at radius 1 is 1.32 bits per heavy atom. The Bertz CT molecular complexity index is 676. The van der Waals surface area contributed by atoms with Gasteiger partial charge in [-0.15, -0.1) is 0 Å². The highest BCUT2D eigenvalue weighted by atomic mass is 35.5. The molecule has 1 aliphatic heterocycles. The van der Waals surface area contributed by atoms with Gasteiger partial charge in [-0.25, -0.2) is 0 Å². The van der Waals surface area contributed by atoms with Gasteiger partial charge in [0.2, 0.25) is 0 Å². The van der Waals surface area contributed by atoms with Crippen molar-refractivity contribution in [2.24, 2.45) is 5.92 Å². The van der Waals surface area contributed by atoms with E-state index < -0.39 is 5.54 Å². The zero-order valence-electron chi connectivity index (χ0n) is 14.3. The number of carbonyl (C=O) groups excluding carboxylic acids is 1. The summed E-state index contributed by atoms with van der Waals surface area (Å²) in [6, 6.07) is 5.01. The first-order valence-electron chi connectivity index (χ1n) is 8.64. The monoisotopic (exact) mass is 383 g/mol. The first kappa shape index (κ1) is 18.3. The van der Waals surface area contributed by atoms with Gasteiger partial charge < -0.3 is 10.1 Å². The predicted molar refractivity (Wildman–Crippen MR) is 99.5 cm³/mol. The number of ether oxygens (including phenoxy) is 1. The molecule has 25 heavy (non-hydrogen) atoms. The van der Waals surface area contributed by atoms with Crippen LogP contribution in [-0.2, 0) is 4.79 Å². The lowest BCUT2D eigenvalue weighted by molar-refractivity contribution is -0.132. The highest BCUT2D eigenvalue weighted by molar-refractivity contribution is 6.34. The average molecular weight is 384 g/mol. The lowest BCUT2D eigenvalue weighted by Crippen LogP contribution is -2.53. The van der Waals surface area contributed by atoms with Crippen LogP contribution in [-0.4, -0.2) is 36.0 Å². The van der Waals surface area contributed by atoms with E-state index in [0.29, 0.717) is 28.1 Å². The molecule has 1 saturated heterocycles. The van der Waals surface area contributed by atoms with Crippen LogP contribution in [0.5, 0.6) is 5.75 Å². The van der Waals surface area contributed by atoms with Crippen molar-refractivity contribution in [1.29, 1.82) is 5.41 Å². The number of hydrogen-bond donors (Lipinski definition) is 2. The third-order valence-corrected chi connectivity index (χ3v) is 5.68. The third-order valence-electron chi connectivity index (χ3n) is 5.14. The topological polar surface area (TPSA) is 65.4 Å². The molecule has 1 atom stereocenters. The molecule has 1 saturated carbocycles. The van der Waals surface area contributed by atoms with Crippen LogP contribution in [0.25, 0.3) is 0 Å². The fourth-order valence-electron chi connectivity index (χ4n) is 3.75. The van der Waals surface area contributed by atoms with E-state index in [1.807, 2.05) is 0 Å². The molecule has 1 aromatic rings. The molecule has 1 unspecified atom stereocenters. The maximum Gasteiger partial charge on any atom is 0.258 e. The number of carbonyl (C=O) groups is 1. The van der Waals surface area contributed by atoms with Crippen molar-refractivity contribution in [3.8, 4) is 5.75 Å². The van der Waals surface area contributed by atoms with Crippen LogP contribution in [0, 0.1) is 11.3 Å². The summed E-state index contributed by atoms with van der Waals surface area (Å²) >= 11 is 12.2. The molecule has 136 valence electrons. The van der Waals surface area contributed by atoms with E-state index in [2.05, 4.69) is 5.32 Å². The molecular formula is C18H23Cl2N3O2. The standard InChI is InChI=1S/C18H23Cl2N3O2/c1-23-16(24)18(22-17(23)21,10-12-5-3-2-4-6-12)11-25-15-9-13(19)7-8-14(15)20/h7-9,12H,2-6,10-11H2,1H3,(H2,21,22). The van der Waals surface area contributed by atoms with Gasteiger partial charge in [-0.3, -0.25) is 15.1 Å². The fraction of sp³-hybridized carbons (Fsp3) is 0.556. The maximum atomic E-state index is 12.9. The van der Waals surface area contributed by atoms with Crippen LogP contribution < -0.4 is 10.1 Å². The van der Waals surface area contributed by atoms with E-state index in [1.165, 1.54) is 24.2 Å². The van der Waals surface area contributed by atoms with Gasteiger partial charge in [0.15, 0.2) is 11.5 Å². The normalized spacial score (nSPS) is 24.5. The minimum Gasteiger partial charge on any atom is -0.489 e. The van der Waals surface area contributed by atoms with Gasteiger partial charge in [-0.05, 0) is 24.5 Å². The largest absolute Gasteiger partial charge is 0.489 e. The Morgan fingerprint density at radius 2 is 2.04 bits per heavy atom. The number of hydrogen-bond acceptors (Lipinski definition) is 3. The lowest BCUT2D eigenvalue weighted by atomic mass is 9.79. The molecule has 2 aliphatic rings. The van der Waals surface area contributed by atoms with Gasteiger partial charge in [0.25, 0.3) is 5.91 Å². The Labute approximate surface area is 158 Å². The van der Waals surface area contributed by atoms with Crippen molar-refractivity contribution in [1.82, 2.24) is 10.2 Å². The molecule has 1 amide bonds. The van der Waals surface area contributed by atoms with Crippen molar-refractivity contribution in [3.05, 3.63) is 28.2 Å². The molecule has 0 bridgehead atoms. The van der Waals surface area contributed by atoms with Crippen LogP contribution in [0.1, 0.15) is 38.5 Å². The smallest absolute Gasteiger partial charge is 0.258 e. The van der Waals surface area contributed by atoms with E-state index in [1.54, 1.807) is 25.2 Å². The lowest BCUT2D eigenvalue weighted by Gasteiger charge is -2.32. The second-order valence-electron chi connectivity index (χ2n) is 6.99. The Hall–Kier alpha value is -1.46. The first-order valence-corrected chi connectivity index (χ1v) is 9.40. The number of rotatable bonds is 5. The van der Waals surface area contributed by atoms with Gasteiger partial charge >= 0.3 is 0 Å². The predicted octanol–water partition coefficient (Wildman–Crippen LogP) is 4.08. The Kier molecular flexibility index (Phi) is 5.44. The van der Waals surface area contributed by atoms with Crippen LogP contribution in [0.4, 0.5) is 0 Å². The van der Waals surface area contributed by atoms with Gasteiger partial charge in [0, 0.05) is 18.1 Å². The molecular weight excluding hydrogens is 361 g/mol. The minimum atomic E-state index is -0.917. The highest BCUT2D eigenvalue weighted by Crippen LogP contribution is 2.35. The minimum absolute atomic E-state index is 0.113. The van der Waals surface area contributed by atoms with Gasteiger partial charge in [0.1, 0.15) is 12.4 Å². The second kappa shape index (κ2) is 7.42. The van der Waals surface area contributed by atoms with Crippen LogP contribution in [0.2, 0.25) is 10.0 Å². The van der Waals surface area contributed by atoms with E-state index in [0.717, 1.165) is 12.8 Å². The molecule has 2 fully saturated rings. The van der Waals surface area contributed by atoms with Crippen molar-refractivity contribution in [2.45, 2.75) is 44.1 Å². The van der Waals surface area contributed by atoms with Crippen molar-refractivity contribution < 1.29 is 9.53 Å². The number of benzene rings is 1. The quantitative estimate of drug-likeness (QED) is 0.804. The van der Waals surface area contributed by atoms with E-state index >= 15 is 0 Å². The SMILES string of the molecule is CN1C(=N)NC(COc2cc(Cl)ccc2Cl)(CC2CCCCC2)C1=O. The molecule has 1 heterocycles. The van der Waals surface area contributed by atoms with Crippen LogP contribution in [0.3, 0.4) is 0 Å². The molecule has 2 N–H and O–H groups in total. The number of nitrogens with one attached hydrogen (secondary N) is 2. The van der Waals surface area contributed by atoms with Gasteiger partial charge in [-0.2, -0.15) is 0 Å². The first-order chi connectivity index (χ1) is 11.9. The van der Waals surface area contributed by atoms with E-state index in [4.69, 9.17) is 33.3 Å². The number of amides is 1. The zero-order chi connectivity index (χ0) is 18.0. The van der Waals surface area contributed by atoms with Crippen molar-refractivity contribution >= 4 is 35.1 Å². The Morgan fingerprint density at radius 3 is 2.68 bits per heavy atom. The van der Waals surface area contributed by atoms with Crippen LogP contribution >= 0.6 is 23.2 Å². The Balaban J connectivity index is 1.80. The van der Waals surface area contributed by atoms with Gasteiger partial charge in [0.05, 0.1) is 5.02 Å². The summed E-state index contributed by atoms with van der Waals surface area (Å²) in [4.78, 5) is 14.2. The molecule has 0 radical (unpaired) electrons. The maximum absolute atomic E-state index is 12.9. The van der Waals surface area contributed by atoms with E-state index in [9.17, 15) is 4.79 Å². The molecule has 5 nitrogen and oxygen atoms in total. The molecule has 1 aromatic carbocycles.